The van der Waals surface area contributed by atoms with E-state index in [0.717, 1.165) is 6.42 Å². The number of ether oxygens (including phenoxy) is 1. The molecule has 0 N–H and O–H groups in total. The lowest BCUT2D eigenvalue weighted by Crippen LogP contribution is -2.39. The van der Waals surface area contributed by atoms with Crippen LogP contribution in [-0.2, 0) is 30.2 Å². The number of rotatable bonds is 6. The van der Waals surface area contributed by atoms with Gasteiger partial charge in [-0.15, -0.1) is 0 Å². The smallest absolute Gasteiger partial charge is 0.332 e. The van der Waals surface area contributed by atoms with Gasteiger partial charge in [-0.1, -0.05) is 6.92 Å². The normalized spacial score (nSPS) is 12.5. The second-order valence-electron chi connectivity index (χ2n) is 5.88. The zero-order valence-corrected chi connectivity index (χ0v) is 13.9. The lowest BCUT2D eigenvalue weighted by Gasteiger charge is -2.12. The van der Waals surface area contributed by atoms with Crippen LogP contribution in [0.15, 0.2) is 15.9 Å². The monoisotopic (exact) mass is 322 g/mol. The van der Waals surface area contributed by atoms with Crippen LogP contribution in [0.1, 0.15) is 26.7 Å². The zero-order chi connectivity index (χ0) is 17.1. The highest BCUT2D eigenvalue weighted by atomic mass is 16.5. The van der Waals surface area contributed by atoms with E-state index in [4.69, 9.17) is 4.74 Å². The van der Waals surface area contributed by atoms with E-state index in [2.05, 4.69) is 4.98 Å². The van der Waals surface area contributed by atoms with Gasteiger partial charge in [-0.3, -0.25) is 18.7 Å². The van der Waals surface area contributed by atoms with Crippen molar-refractivity contribution in [3.05, 3.63) is 27.2 Å². The summed E-state index contributed by atoms with van der Waals surface area (Å²) in [5.41, 5.74) is 0.117. The van der Waals surface area contributed by atoms with Crippen LogP contribution < -0.4 is 11.2 Å². The summed E-state index contributed by atoms with van der Waals surface area (Å²) < 4.78 is 9.20. The molecule has 0 spiro atoms. The van der Waals surface area contributed by atoms with Crippen molar-refractivity contribution < 1.29 is 9.53 Å². The average molecular weight is 322 g/mol. The van der Waals surface area contributed by atoms with E-state index in [1.165, 1.54) is 22.4 Å². The molecule has 8 nitrogen and oxygen atoms in total. The van der Waals surface area contributed by atoms with Crippen LogP contribution in [0.5, 0.6) is 0 Å². The molecular weight excluding hydrogens is 300 g/mol. The van der Waals surface area contributed by atoms with Crippen LogP contribution in [-0.4, -0.2) is 31.3 Å². The summed E-state index contributed by atoms with van der Waals surface area (Å²) in [5, 5.41) is 0. The number of aromatic nitrogens is 4. The molecule has 23 heavy (non-hydrogen) atoms. The highest BCUT2D eigenvalue weighted by Gasteiger charge is 2.15. The highest BCUT2D eigenvalue weighted by molar-refractivity contribution is 5.69. The predicted octanol–water partition coefficient (Wildman–Crippen LogP) is 0.413. The van der Waals surface area contributed by atoms with Gasteiger partial charge in [0.05, 0.1) is 12.9 Å². The lowest BCUT2D eigenvalue weighted by atomic mass is 10.1. The molecule has 2 rings (SSSR count). The molecule has 0 saturated heterocycles. The van der Waals surface area contributed by atoms with Crippen molar-refractivity contribution in [2.45, 2.75) is 33.2 Å². The third-order valence-corrected chi connectivity index (χ3v) is 3.85. The number of carbonyl (C=O) groups is 1. The molecule has 8 heteroatoms. The minimum atomic E-state index is -0.367. The van der Waals surface area contributed by atoms with Gasteiger partial charge >= 0.3 is 11.7 Å². The van der Waals surface area contributed by atoms with E-state index in [9.17, 15) is 14.4 Å². The van der Waals surface area contributed by atoms with Crippen molar-refractivity contribution in [1.82, 2.24) is 18.7 Å². The molecule has 1 atom stereocenters. The summed E-state index contributed by atoms with van der Waals surface area (Å²) in [5.74, 6) is -0.123. The van der Waals surface area contributed by atoms with Gasteiger partial charge in [0.15, 0.2) is 11.2 Å². The fraction of sp³-hybridized carbons (Fsp3) is 0.600. The molecule has 1 unspecified atom stereocenters. The first-order valence-electron chi connectivity index (χ1n) is 7.57. The van der Waals surface area contributed by atoms with Crippen LogP contribution in [0.25, 0.3) is 11.2 Å². The molecule has 0 saturated carbocycles. The maximum Gasteiger partial charge on any atom is 0.332 e. The Morgan fingerprint density at radius 2 is 2.04 bits per heavy atom. The molecule has 0 fully saturated rings. The van der Waals surface area contributed by atoms with Gasteiger partial charge in [0.2, 0.25) is 0 Å². The number of fused-ring (bicyclic) bond motifs is 1. The number of nitrogens with zero attached hydrogens (tertiary/aromatic N) is 4. The SMILES string of the molecule is CC(=O)OCC(C)CCCn1c(=O)c2c(ncn2C)n(C)c1=O. The molecule has 126 valence electrons. The van der Waals surface area contributed by atoms with Gasteiger partial charge in [-0.05, 0) is 18.8 Å². The fourth-order valence-corrected chi connectivity index (χ4v) is 2.53. The summed E-state index contributed by atoms with van der Waals surface area (Å²) in [4.78, 5) is 39.7. The van der Waals surface area contributed by atoms with Gasteiger partial charge in [0.1, 0.15) is 0 Å². The Morgan fingerprint density at radius 1 is 1.35 bits per heavy atom. The molecule has 0 aliphatic carbocycles. The van der Waals surface area contributed by atoms with Gasteiger partial charge in [0, 0.05) is 27.6 Å². The van der Waals surface area contributed by atoms with E-state index in [1.807, 2.05) is 6.92 Å². The van der Waals surface area contributed by atoms with Gasteiger partial charge in [0.25, 0.3) is 5.56 Å². The molecule has 0 aromatic carbocycles. The van der Waals surface area contributed by atoms with Crippen LogP contribution >= 0.6 is 0 Å². The first kappa shape index (κ1) is 17.0. The molecular formula is C15H22N4O4. The number of imidazole rings is 1. The average Bonchev–Trinajstić information content (AvgIpc) is 2.88. The molecule has 0 aliphatic heterocycles. The maximum absolute atomic E-state index is 12.5. The van der Waals surface area contributed by atoms with Gasteiger partial charge in [-0.25, -0.2) is 9.78 Å². The maximum atomic E-state index is 12.5. The van der Waals surface area contributed by atoms with E-state index in [-0.39, 0.29) is 23.1 Å². The van der Waals surface area contributed by atoms with Crippen molar-refractivity contribution in [3.8, 4) is 0 Å². The van der Waals surface area contributed by atoms with E-state index < -0.39 is 0 Å². The largest absolute Gasteiger partial charge is 0.466 e. The fourth-order valence-electron chi connectivity index (χ4n) is 2.53. The summed E-state index contributed by atoms with van der Waals surface area (Å²) in [6.07, 6.45) is 2.93. The summed E-state index contributed by atoms with van der Waals surface area (Å²) >= 11 is 0. The Bertz CT molecular complexity index is 830. The Labute approximate surface area is 133 Å². The van der Waals surface area contributed by atoms with Crippen molar-refractivity contribution in [3.63, 3.8) is 0 Å². The van der Waals surface area contributed by atoms with Crippen molar-refractivity contribution >= 4 is 17.1 Å². The van der Waals surface area contributed by atoms with E-state index in [0.29, 0.717) is 30.7 Å². The van der Waals surface area contributed by atoms with Crippen molar-refractivity contribution in [2.75, 3.05) is 6.61 Å². The van der Waals surface area contributed by atoms with Gasteiger partial charge < -0.3 is 9.30 Å². The van der Waals surface area contributed by atoms with Gasteiger partial charge in [-0.2, -0.15) is 0 Å². The Morgan fingerprint density at radius 3 is 2.70 bits per heavy atom. The number of hydrogen-bond acceptors (Lipinski definition) is 5. The lowest BCUT2D eigenvalue weighted by molar-refractivity contribution is -0.142. The Balaban J connectivity index is 2.15. The summed E-state index contributed by atoms with van der Waals surface area (Å²) in [7, 11) is 3.34. The molecule has 0 bridgehead atoms. The number of aryl methyl sites for hydroxylation is 2. The van der Waals surface area contributed by atoms with Crippen LogP contribution in [0, 0.1) is 5.92 Å². The number of carbonyl (C=O) groups excluding carboxylic acids is 1. The van der Waals surface area contributed by atoms with Crippen molar-refractivity contribution in [1.29, 1.82) is 0 Å². The summed E-state index contributed by atoms with van der Waals surface area (Å²) in [6.45, 7) is 4.02. The second-order valence-corrected chi connectivity index (χ2v) is 5.88. The zero-order valence-electron chi connectivity index (χ0n) is 13.9. The third-order valence-electron chi connectivity index (χ3n) is 3.85. The number of esters is 1. The molecule has 0 radical (unpaired) electrons. The minimum absolute atomic E-state index is 0.180. The predicted molar refractivity (Wildman–Crippen MR) is 85.2 cm³/mol. The van der Waals surface area contributed by atoms with Crippen molar-refractivity contribution in [2.24, 2.45) is 20.0 Å². The Kier molecular flexibility index (Phi) is 5.02. The molecule has 2 heterocycles. The molecule has 0 aliphatic rings. The Hall–Kier alpha value is -2.38. The van der Waals surface area contributed by atoms with E-state index in [1.54, 1.807) is 18.7 Å². The first-order valence-corrected chi connectivity index (χ1v) is 7.57. The standard InChI is InChI=1S/C15H22N4O4/c1-10(8-23-11(2)20)6-5-7-19-14(21)12-13(16-9-17(12)3)18(4)15(19)22/h9-10H,5-8H2,1-4H3. The van der Waals surface area contributed by atoms with Crippen LogP contribution in [0.2, 0.25) is 0 Å². The summed E-state index contributed by atoms with van der Waals surface area (Å²) in [6, 6.07) is 0. The number of hydrogen-bond donors (Lipinski definition) is 0. The first-order chi connectivity index (χ1) is 10.8. The molecule has 2 aromatic rings. The molecule has 2 aromatic heterocycles. The molecule has 0 amide bonds. The minimum Gasteiger partial charge on any atom is -0.466 e. The highest BCUT2D eigenvalue weighted by Crippen LogP contribution is 2.08. The quantitative estimate of drug-likeness (QED) is 0.719. The van der Waals surface area contributed by atoms with Crippen LogP contribution in [0.3, 0.4) is 0 Å². The second kappa shape index (κ2) is 6.80. The topological polar surface area (TPSA) is 88.1 Å². The van der Waals surface area contributed by atoms with E-state index >= 15 is 0 Å². The third kappa shape index (κ3) is 3.52. The van der Waals surface area contributed by atoms with Crippen LogP contribution in [0.4, 0.5) is 0 Å².